The normalized spacial score (nSPS) is 10.1. The maximum atomic E-state index is 13.1. The molecule has 0 atom stereocenters. The van der Waals surface area contributed by atoms with E-state index in [1.54, 1.807) is 12.4 Å². The van der Waals surface area contributed by atoms with Crippen molar-refractivity contribution in [1.29, 1.82) is 0 Å². The second kappa shape index (κ2) is 4.66. The molecule has 1 aromatic carbocycles. The average Bonchev–Trinajstić information content (AvgIpc) is 2.31. The highest BCUT2D eigenvalue weighted by atomic mass is 19.1. The van der Waals surface area contributed by atoms with Crippen molar-refractivity contribution in [2.75, 3.05) is 0 Å². The summed E-state index contributed by atoms with van der Waals surface area (Å²) in [7, 11) is 0. The summed E-state index contributed by atoms with van der Waals surface area (Å²) in [6, 6.07) is 7.88. The van der Waals surface area contributed by atoms with Gasteiger partial charge in [-0.15, -0.1) is 0 Å². The Kier molecular flexibility index (Phi) is 3.05. The van der Waals surface area contributed by atoms with Gasteiger partial charge in [-0.3, -0.25) is 9.78 Å². The number of benzene rings is 1. The molecule has 0 fully saturated rings. The van der Waals surface area contributed by atoms with E-state index in [-0.39, 0.29) is 5.82 Å². The Morgan fingerprint density at radius 1 is 1.19 bits per heavy atom. The van der Waals surface area contributed by atoms with Gasteiger partial charge in [-0.05, 0) is 47.9 Å². The predicted octanol–water partition coefficient (Wildman–Crippen LogP) is 2.62. The van der Waals surface area contributed by atoms with Gasteiger partial charge in [0.25, 0.3) is 0 Å². The number of pyridine rings is 1. The zero-order chi connectivity index (χ0) is 11.4. The van der Waals surface area contributed by atoms with Gasteiger partial charge in [-0.25, -0.2) is 4.39 Å². The van der Waals surface area contributed by atoms with Crippen LogP contribution >= 0.6 is 0 Å². The third kappa shape index (κ3) is 2.31. The lowest BCUT2D eigenvalue weighted by molar-refractivity contribution is 0.112. The van der Waals surface area contributed by atoms with E-state index in [1.807, 2.05) is 12.1 Å². The van der Waals surface area contributed by atoms with Gasteiger partial charge in [-0.1, -0.05) is 0 Å². The van der Waals surface area contributed by atoms with Gasteiger partial charge < -0.3 is 0 Å². The minimum Gasteiger partial charge on any atom is -0.298 e. The summed E-state index contributed by atoms with van der Waals surface area (Å²) >= 11 is 0. The summed E-state index contributed by atoms with van der Waals surface area (Å²) in [4.78, 5) is 14.7. The first-order valence-corrected chi connectivity index (χ1v) is 4.92. The van der Waals surface area contributed by atoms with Crippen molar-refractivity contribution in [2.45, 2.75) is 6.42 Å². The molecule has 1 heterocycles. The van der Waals surface area contributed by atoms with Crippen LogP contribution in [0.3, 0.4) is 0 Å². The number of aldehydes is 1. The van der Waals surface area contributed by atoms with Gasteiger partial charge in [0, 0.05) is 18.0 Å². The molecule has 0 saturated carbocycles. The zero-order valence-corrected chi connectivity index (χ0v) is 8.56. The molecule has 80 valence electrons. The fourth-order valence-electron chi connectivity index (χ4n) is 1.56. The summed E-state index contributed by atoms with van der Waals surface area (Å²) in [5.41, 5.74) is 2.23. The van der Waals surface area contributed by atoms with Gasteiger partial charge in [0.05, 0.1) is 0 Å². The third-order valence-electron chi connectivity index (χ3n) is 2.38. The first kappa shape index (κ1) is 10.5. The minimum atomic E-state index is -0.324. The molecule has 0 aliphatic carbocycles. The number of rotatable bonds is 3. The lowest BCUT2D eigenvalue weighted by Crippen LogP contribution is -1.95. The summed E-state index contributed by atoms with van der Waals surface area (Å²) in [5, 5.41) is 0. The molecule has 2 aromatic rings. The Labute approximate surface area is 92.8 Å². The fraction of sp³-hybridized carbons (Fsp3) is 0.0769. The van der Waals surface area contributed by atoms with Crippen molar-refractivity contribution in [3.63, 3.8) is 0 Å². The van der Waals surface area contributed by atoms with Crippen molar-refractivity contribution in [3.8, 4) is 0 Å². The summed E-state index contributed by atoms with van der Waals surface area (Å²) < 4.78 is 13.1. The molecular formula is C13H10FNO. The maximum Gasteiger partial charge on any atom is 0.150 e. The van der Waals surface area contributed by atoms with E-state index < -0.39 is 0 Å². The Bertz CT molecular complexity index is 497. The number of halogens is 1. The molecule has 0 aliphatic rings. The predicted molar refractivity (Wildman–Crippen MR) is 58.8 cm³/mol. The Morgan fingerprint density at radius 2 is 1.94 bits per heavy atom. The second-order valence-corrected chi connectivity index (χ2v) is 3.49. The van der Waals surface area contributed by atoms with E-state index in [0.29, 0.717) is 17.5 Å². The van der Waals surface area contributed by atoms with E-state index in [4.69, 9.17) is 0 Å². The number of nitrogens with zero attached hydrogens (tertiary/aromatic N) is 1. The summed E-state index contributed by atoms with van der Waals surface area (Å²) in [5.74, 6) is -0.324. The molecule has 0 N–H and O–H groups in total. The molecule has 0 spiro atoms. The molecule has 16 heavy (non-hydrogen) atoms. The molecule has 1 aromatic heterocycles. The minimum absolute atomic E-state index is 0.324. The highest BCUT2D eigenvalue weighted by Gasteiger charge is 2.04. The van der Waals surface area contributed by atoms with Crippen LogP contribution in [-0.2, 0) is 6.42 Å². The van der Waals surface area contributed by atoms with Crippen LogP contribution in [0.2, 0.25) is 0 Å². The topological polar surface area (TPSA) is 30.0 Å². The molecule has 0 unspecified atom stereocenters. The lowest BCUT2D eigenvalue weighted by Gasteiger charge is -2.04. The van der Waals surface area contributed by atoms with Crippen LogP contribution in [-0.4, -0.2) is 11.3 Å². The van der Waals surface area contributed by atoms with Gasteiger partial charge in [0.15, 0.2) is 0 Å². The quantitative estimate of drug-likeness (QED) is 0.737. The smallest absolute Gasteiger partial charge is 0.150 e. The highest BCUT2D eigenvalue weighted by molar-refractivity contribution is 5.77. The van der Waals surface area contributed by atoms with Crippen molar-refractivity contribution < 1.29 is 9.18 Å². The Morgan fingerprint density at radius 3 is 2.62 bits per heavy atom. The molecule has 0 radical (unpaired) electrons. The molecule has 2 rings (SSSR count). The third-order valence-corrected chi connectivity index (χ3v) is 2.38. The molecule has 0 bridgehead atoms. The Hall–Kier alpha value is -2.03. The van der Waals surface area contributed by atoms with Crippen LogP contribution in [0.25, 0.3) is 0 Å². The van der Waals surface area contributed by atoms with Crippen molar-refractivity contribution in [2.24, 2.45) is 0 Å². The second-order valence-electron chi connectivity index (χ2n) is 3.49. The van der Waals surface area contributed by atoms with Gasteiger partial charge >= 0.3 is 0 Å². The highest BCUT2D eigenvalue weighted by Crippen LogP contribution is 2.14. The average molecular weight is 215 g/mol. The monoisotopic (exact) mass is 215 g/mol. The largest absolute Gasteiger partial charge is 0.298 e. The summed E-state index contributed by atoms with van der Waals surface area (Å²) in [6.07, 6.45) is 4.63. The van der Waals surface area contributed by atoms with Gasteiger partial charge in [0.2, 0.25) is 0 Å². The fourth-order valence-corrected chi connectivity index (χ4v) is 1.56. The van der Waals surface area contributed by atoms with E-state index in [1.165, 1.54) is 18.2 Å². The number of hydrogen-bond acceptors (Lipinski definition) is 2. The molecule has 0 saturated heterocycles. The lowest BCUT2D eigenvalue weighted by atomic mass is 10.0. The van der Waals surface area contributed by atoms with E-state index in [9.17, 15) is 9.18 Å². The number of carbonyl (C=O) groups is 1. The summed E-state index contributed by atoms with van der Waals surface area (Å²) in [6.45, 7) is 0. The molecule has 2 nitrogen and oxygen atoms in total. The van der Waals surface area contributed by atoms with Crippen LogP contribution in [0, 0.1) is 5.82 Å². The number of aromatic nitrogens is 1. The molecule has 0 amide bonds. The standard InChI is InChI=1S/C13H10FNO/c14-13-2-1-11(9-16)12(8-13)7-10-3-5-15-6-4-10/h1-6,8-9H,7H2. The zero-order valence-electron chi connectivity index (χ0n) is 8.56. The first-order valence-electron chi connectivity index (χ1n) is 4.92. The molecule has 0 aliphatic heterocycles. The molecule has 3 heteroatoms. The Balaban J connectivity index is 2.33. The maximum absolute atomic E-state index is 13.1. The van der Waals surface area contributed by atoms with E-state index >= 15 is 0 Å². The van der Waals surface area contributed by atoms with Gasteiger partial charge in [-0.2, -0.15) is 0 Å². The molecular weight excluding hydrogens is 205 g/mol. The number of carbonyl (C=O) groups excluding carboxylic acids is 1. The van der Waals surface area contributed by atoms with Crippen LogP contribution in [0.5, 0.6) is 0 Å². The first-order chi connectivity index (χ1) is 7.79. The van der Waals surface area contributed by atoms with Gasteiger partial charge in [0.1, 0.15) is 12.1 Å². The van der Waals surface area contributed by atoms with Crippen LogP contribution < -0.4 is 0 Å². The SMILES string of the molecule is O=Cc1ccc(F)cc1Cc1ccncc1. The van der Waals surface area contributed by atoms with Crippen molar-refractivity contribution in [1.82, 2.24) is 4.98 Å². The number of hydrogen-bond donors (Lipinski definition) is 0. The van der Waals surface area contributed by atoms with Crippen molar-refractivity contribution >= 4 is 6.29 Å². The van der Waals surface area contributed by atoms with E-state index in [0.717, 1.165) is 11.8 Å². The van der Waals surface area contributed by atoms with E-state index in [2.05, 4.69) is 4.98 Å². The van der Waals surface area contributed by atoms with Crippen LogP contribution in [0.1, 0.15) is 21.5 Å². The van der Waals surface area contributed by atoms with Crippen molar-refractivity contribution in [3.05, 3.63) is 65.2 Å². The van der Waals surface area contributed by atoms with Crippen LogP contribution in [0.4, 0.5) is 4.39 Å². The van der Waals surface area contributed by atoms with Crippen LogP contribution in [0.15, 0.2) is 42.7 Å².